The lowest BCUT2D eigenvalue weighted by Gasteiger charge is -2.23. The molecule has 2 aromatic carbocycles. The topological polar surface area (TPSA) is 67.6 Å². The van der Waals surface area contributed by atoms with Crippen LogP contribution in [0.3, 0.4) is 0 Å². The Morgan fingerprint density at radius 3 is 2.93 bits per heavy atom. The van der Waals surface area contributed by atoms with Gasteiger partial charge in [-0.2, -0.15) is 4.98 Å². The van der Waals surface area contributed by atoms with Gasteiger partial charge in [-0.3, -0.25) is 4.79 Å². The summed E-state index contributed by atoms with van der Waals surface area (Å²) in [6.07, 6.45) is 2.04. The highest BCUT2D eigenvalue weighted by Crippen LogP contribution is 2.28. The molecule has 6 nitrogen and oxygen atoms in total. The van der Waals surface area contributed by atoms with Crippen LogP contribution in [0.15, 0.2) is 52.9 Å². The van der Waals surface area contributed by atoms with E-state index in [1.54, 1.807) is 6.07 Å². The number of carbonyl (C=O) groups is 1. The van der Waals surface area contributed by atoms with E-state index in [1.165, 1.54) is 0 Å². The smallest absolute Gasteiger partial charge is 0.298 e. The van der Waals surface area contributed by atoms with Crippen molar-refractivity contribution in [3.05, 3.63) is 54.1 Å². The Balaban J connectivity index is 1.45. The molecule has 0 aliphatic carbocycles. The first-order chi connectivity index (χ1) is 13.3. The molecule has 6 heteroatoms. The SMILES string of the molecule is CCOc1ccccc1C(=O)NC[C@H]1CCCN1c1nc2ccccc2o1. The molecule has 4 rings (SSSR count). The van der Waals surface area contributed by atoms with Gasteiger partial charge in [0.2, 0.25) is 0 Å². The summed E-state index contributed by atoms with van der Waals surface area (Å²) in [5.41, 5.74) is 2.20. The summed E-state index contributed by atoms with van der Waals surface area (Å²) in [4.78, 5) is 19.4. The molecule has 1 fully saturated rings. The first-order valence-electron chi connectivity index (χ1n) is 9.38. The number of hydrogen-bond acceptors (Lipinski definition) is 5. The second-order valence-electron chi connectivity index (χ2n) is 6.59. The average molecular weight is 365 g/mol. The number of carbonyl (C=O) groups excluding carboxylic acids is 1. The zero-order chi connectivity index (χ0) is 18.6. The Morgan fingerprint density at radius 2 is 2.07 bits per heavy atom. The molecule has 1 N–H and O–H groups in total. The molecule has 3 aromatic rings. The van der Waals surface area contributed by atoms with E-state index in [0.29, 0.717) is 30.5 Å². The molecular weight excluding hydrogens is 342 g/mol. The summed E-state index contributed by atoms with van der Waals surface area (Å²) >= 11 is 0. The maximum absolute atomic E-state index is 12.6. The fourth-order valence-electron chi connectivity index (χ4n) is 3.52. The van der Waals surface area contributed by atoms with Crippen molar-refractivity contribution in [1.82, 2.24) is 10.3 Å². The van der Waals surface area contributed by atoms with Gasteiger partial charge in [0.25, 0.3) is 11.9 Å². The first-order valence-corrected chi connectivity index (χ1v) is 9.38. The van der Waals surface area contributed by atoms with Crippen molar-refractivity contribution in [3.63, 3.8) is 0 Å². The Morgan fingerprint density at radius 1 is 1.26 bits per heavy atom. The van der Waals surface area contributed by atoms with E-state index >= 15 is 0 Å². The van der Waals surface area contributed by atoms with Crippen LogP contribution in [0.2, 0.25) is 0 Å². The molecule has 1 saturated heterocycles. The molecule has 0 spiro atoms. The molecule has 1 aliphatic heterocycles. The number of para-hydroxylation sites is 3. The Hall–Kier alpha value is -3.02. The van der Waals surface area contributed by atoms with Gasteiger partial charge in [-0.15, -0.1) is 0 Å². The largest absolute Gasteiger partial charge is 0.493 e. The molecule has 0 bridgehead atoms. The molecule has 1 aromatic heterocycles. The van der Waals surface area contributed by atoms with Crippen molar-refractivity contribution in [2.75, 3.05) is 24.6 Å². The van der Waals surface area contributed by atoms with Crippen LogP contribution in [0.5, 0.6) is 5.75 Å². The third-order valence-corrected chi connectivity index (χ3v) is 4.84. The van der Waals surface area contributed by atoms with Crippen LogP contribution in [0.25, 0.3) is 11.1 Å². The lowest BCUT2D eigenvalue weighted by Crippen LogP contribution is -2.40. The molecule has 1 aliphatic rings. The van der Waals surface area contributed by atoms with Gasteiger partial charge in [0.05, 0.1) is 18.2 Å². The molecule has 140 valence electrons. The number of oxazole rings is 1. The highest BCUT2D eigenvalue weighted by molar-refractivity contribution is 5.96. The zero-order valence-electron chi connectivity index (χ0n) is 15.4. The number of ether oxygens (including phenoxy) is 1. The lowest BCUT2D eigenvalue weighted by atomic mass is 10.1. The minimum Gasteiger partial charge on any atom is -0.493 e. The van der Waals surface area contributed by atoms with Gasteiger partial charge in [0.15, 0.2) is 5.58 Å². The number of nitrogens with zero attached hydrogens (tertiary/aromatic N) is 2. The Kier molecular flexibility index (Phi) is 4.96. The van der Waals surface area contributed by atoms with Crippen LogP contribution < -0.4 is 15.0 Å². The van der Waals surface area contributed by atoms with E-state index in [9.17, 15) is 4.79 Å². The number of hydrogen-bond donors (Lipinski definition) is 1. The molecule has 1 atom stereocenters. The number of fused-ring (bicyclic) bond motifs is 1. The average Bonchev–Trinajstić information content (AvgIpc) is 3.33. The number of amides is 1. The van der Waals surface area contributed by atoms with Crippen molar-refractivity contribution in [2.24, 2.45) is 0 Å². The summed E-state index contributed by atoms with van der Waals surface area (Å²) in [6, 6.07) is 15.9. The quantitative estimate of drug-likeness (QED) is 0.723. The molecule has 2 heterocycles. The van der Waals surface area contributed by atoms with Crippen molar-refractivity contribution >= 4 is 23.0 Å². The van der Waals surface area contributed by atoms with Gasteiger partial charge in [-0.1, -0.05) is 24.3 Å². The van der Waals surface area contributed by atoms with Crippen molar-refractivity contribution < 1.29 is 13.9 Å². The van der Waals surface area contributed by atoms with E-state index in [0.717, 1.165) is 30.5 Å². The summed E-state index contributed by atoms with van der Waals surface area (Å²) < 4.78 is 11.5. The third kappa shape index (κ3) is 3.60. The first kappa shape index (κ1) is 17.4. The van der Waals surface area contributed by atoms with E-state index in [4.69, 9.17) is 9.15 Å². The number of benzene rings is 2. The van der Waals surface area contributed by atoms with Crippen LogP contribution in [0.4, 0.5) is 6.01 Å². The normalized spacial score (nSPS) is 16.6. The van der Waals surface area contributed by atoms with E-state index in [-0.39, 0.29) is 11.9 Å². The van der Waals surface area contributed by atoms with Crippen LogP contribution in [0, 0.1) is 0 Å². The van der Waals surface area contributed by atoms with E-state index in [2.05, 4.69) is 15.2 Å². The number of aromatic nitrogens is 1. The highest BCUT2D eigenvalue weighted by atomic mass is 16.5. The van der Waals surface area contributed by atoms with Crippen molar-refractivity contribution in [3.8, 4) is 5.75 Å². The number of nitrogens with one attached hydrogen (secondary N) is 1. The number of rotatable bonds is 6. The van der Waals surface area contributed by atoms with Crippen LogP contribution in [-0.2, 0) is 0 Å². The molecule has 0 unspecified atom stereocenters. The number of anilines is 1. The zero-order valence-corrected chi connectivity index (χ0v) is 15.4. The van der Waals surface area contributed by atoms with Gasteiger partial charge in [0.1, 0.15) is 11.3 Å². The predicted molar refractivity (Wildman–Crippen MR) is 104 cm³/mol. The maximum Gasteiger partial charge on any atom is 0.298 e. The monoisotopic (exact) mass is 365 g/mol. The molecule has 1 amide bonds. The minimum atomic E-state index is -0.122. The summed E-state index contributed by atoms with van der Waals surface area (Å²) in [6.45, 7) is 3.85. The second kappa shape index (κ2) is 7.70. The van der Waals surface area contributed by atoms with Crippen LogP contribution >= 0.6 is 0 Å². The van der Waals surface area contributed by atoms with Gasteiger partial charge in [0, 0.05) is 13.1 Å². The van der Waals surface area contributed by atoms with Crippen LogP contribution in [0.1, 0.15) is 30.1 Å². The van der Waals surface area contributed by atoms with Gasteiger partial charge < -0.3 is 19.4 Å². The van der Waals surface area contributed by atoms with Crippen LogP contribution in [-0.4, -0.2) is 36.6 Å². The van der Waals surface area contributed by atoms with E-state index < -0.39 is 0 Å². The predicted octanol–water partition coefficient (Wildman–Crippen LogP) is 3.63. The Bertz CT molecular complexity index is 904. The fourth-order valence-corrected chi connectivity index (χ4v) is 3.52. The summed E-state index contributed by atoms with van der Waals surface area (Å²) in [5, 5.41) is 3.04. The van der Waals surface area contributed by atoms with E-state index in [1.807, 2.05) is 49.4 Å². The standard InChI is InChI=1S/C21H23N3O3/c1-2-26-18-11-5-3-9-16(18)20(25)22-14-15-8-7-13-24(15)21-23-17-10-4-6-12-19(17)27-21/h3-6,9-12,15H,2,7-8,13-14H2,1H3,(H,22,25)/t15-/m1/s1. The van der Waals surface area contributed by atoms with Crippen molar-refractivity contribution in [1.29, 1.82) is 0 Å². The molecule has 0 radical (unpaired) electrons. The van der Waals surface area contributed by atoms with Gasteiger partial charge in [-0.25, -0.2) is 0 Å². The Labute approximate surface area is 158 Å². The lowest BCUT2D eigenvalue weighted by molar-refractivity contribution is 0.0947. The third-order valence-electron chi connectivity index (χ3n) is 4.84. The summed E-state index contributed by atoms with van der Waals surface area (Å²) in [5.74, 6) is 0.489. The summed E-state index contributed by atoms with van der Waals surface area (Å²) in [7, 11) is 0. The second-order valence-corrected chi connectivity index (χ2v) is 6.59. The van der Waals surface area contributed by atoms with Gasteiger partial charge >= 0.3 is 0 Å². The maximum atomic E-state index is 12.6. The molecule has 0 saturated carbocycles. The fraction of sp³-hybridized carbons (Fsp3) is 0.333. The highest BCUT2D eigenvalue weighted by Gasteiger charge is 2.29. The van der Waals surface area contributed by atoms with Crippen molar-refractivity contribution in [2.45, 2.75) is 25.8 Å². The minimum absolute atomic E-state index is 0.122. The van der Waals surface area contributed by atoms with Gasteiger partial charge in [-0.05, 0) is 44.0 Å². The molecule has 27 heavy (non-hydrogen) atoms. The molecular formula is C21H23N3O3.